The summed E-state index contributed by atoms with van der Waals surface area (Å²) >= 11 is 0. The number of halogens is 1. The lowest BCUT2D eigenvalue weighted by Crippen LogP contribution is -2.49. The van der Waals surface area contributed by atoms with Gasteiger partial charge in [0.25, 0.3) is 5.91 Å². The second kappa shape index (κ2) is 13.4. The number of likely N-dealkylation sites (N-methyl/N-ethyl adjacent to an activating group) is 1. The van der Waals surface area contributed by atoms with Gasteiger partial charge >= 0.3 is 0 Å². The van der Waals surface area contributed by atoms with Crippen LogP contribution in [0.4, 0.5) is 10.1 Å². The number of carbonyl (C=O) groups is 3. The minimum atomic E-state index is -0.788. The summed E-state index contributed by atoms with van der Waals surface area (Å²) in [4.78, 5) is 43.6. The topological polar surface area (TPSA) is 99.6 Å². The number of hydrogen-bond acceptors (Lipinski definition) is 5. The number of benzene rings is 1. The van der Waals surface area contributed by atoms with Crippen LogP contribution in [0, 0.1) is 17.7 Å². The van der Waals surface area contributed by atoms with Crippen LogP contribution in [0.1, 0.15) is 75.0 Å². The van der Waals surface area contributed by atoms with E-state index in [0.29, 0.717) is 30.8 Å². The van der Waals surface area contributed by atoms with Gasteiger partial charge in [0.1, 0.15) is 17.6 Å². The molecule has 1 aliphatic heterocycles. The van der Waals surface area contributed by atoms with Gasteiger partial charge in [0.2, 0.25) is 11.8 Å². The van der Waals surface area contributed by atoms with Crippen molar-refractivity contribution in [2.45, 2.75) is 71.4 Å². The van der Waals surface area contributed by atoms with E-state index in [9.17, 15) is 14.4 Å². The van der Waals surface area contributed by atoms with E-state index in [2.05, 4.69) is 20.6 Å². The number of rotatable bonds is 9. The standard InChI is InChI=1S/C30H43FN6O3/c1-20(2)37-26(12-13-32-37)28(38)34-27(23-8-6-5-7-9-23)29(39)33-25-11-10-22(19-24(25)31)18-21(3)30(40)36-16-14-35(4)15-17-36/h10-13,19-21,23,27H,5-9,14-18H2,1-4H3,(H,33,39)(H,34,38)/t21-,27+/m1/s1. The number of anilines is 1. The molecule has 218 valence electrons. The highest BCUT2D eigenvalue weighted by Crippen LogP contribution is 2.28. The van der Waals surface area contributed by atoms with Crippen molar-refractivity contribution in [1.82, 2.24) is 24.9 Å². The van der Waals surface area contributed by atoms with Gasteiger partial charge in [0, 0.05) is 44.3 Å². The van der Waals surface area contributed by atoms with Gasteiger partial charge in [-0.3, -0.25) is 19.1 Å². The van der Waals surface area contributed by atoms with Gasteiger partial charge in [-0.1, -0.05) is 32.3 Å². The minimum Gasteiger partial charge on any atom is -0.340 e. The molecule has 4 rings (SSSR count). The highest BCUT2D eigenvalue weighted by atomic mass is 19.1. The van der Waals surface area contributed by atoms with Crippen LogP contribution < -0.4 is 10.6 Å². The first kappa shape index (κ1) is 29.7. The number of piperazine rings is 1. The van der Waals surface area contributed by atoms with Crippen molar-refractivity contribution in [3.63, 3.8) is 0 Å². The highest BCUT2D eigenvalue weighted by molar-refractivity contribution is 6.00. The number of nitrogens with one attached hydrogen (secondary N) is 2. The Morgan fingerprint density at radius 2 is 1.73 bits per heavy atom. The fourth-order valence-corrected chi connectivity index (χ4v) is 5.76. The lowest BCUT2D eigenvalue weighted by molar-refractivity contribution is -0.136. The Morgan fingerprint density at radius 3 is 2.38 bits per heavy atom. The van der Waals surface area contributed by atoms with Crippen LogP contribution in [0.2, 0.25) is 0 Å². The largest absolute Gasteiger partial charge is 0.340 e. The van der Waals surface area contributed by atoms with Crippen LogP contribution in [-0.2, 0) is 16.0 Å². The molecule has 2 heterocycles. The predicted molar refractivity (Wildman–Crippen MR) is 152 cm³/mol. The average Bonchev–Trinajstić information content (AvgIpc) is 3.44. The molecule has 0 radical (unpaired) electrons. The molecule has 2 aromatic rings. The molecule has 2 N–H and O–H groups in total. The third-order valence-corrected chi connectivity index (χ3v) is 8.15. The highest BCUT2D eigenvalue weighted by Gasteiger charge is 2.32. The molecule has 1 saturated carbocycles. The fraction of sp³-hybridized carbons (Fsp3) is 0.600. The van der Waals surface area contributed by atoms with Crippen LogP contribution in [-0.4, -0.2) is 76.6 Å². The van der Waals surface area contributed by atoms with E-state index in [4.69, 9.17) is 0 Å². The molecule has 9 nitrogen and oxygen atoms in total. The second-order valence-electron chi connectivity index (χ2n) is 11.6. The molecular weight excluding hydrogens is 511 g/mol. The van der Waals surface area contributed by atoms with E-state index >= 15 is 4.39 Å². The lowest BCUT2D eigenvalue weighted by atomic mass is 9.83. The van der Waals surface area contributed by atoms with E-state index in [0.717, 1.165) is 45.2 Å². The Balaban J connectivity index is 1.42. The number of nitrogens with zero attached hydrogens (tertiary/aromatic N) is 4. The Labute approximate surface area is 236 Å². The van der Waals surface area contributed by atoms with Crippen LogP contribution in [0.5, 0.6) is 0 Å². The van der Waals surface area contributed by atoms with E-state index in [1.165, 1.54) is 6.07 Å². The van der Waals surface area contributed by atoms with Gasteiger partial charge < -0.3 is 20.4 Å². The van der Waals surface area contributed by atoms with E-state index in [-0.39, 0.29) is 35.4 Å². The molecule has 2 aliphatic rings. The van der Waals surface area contributed by atoms with Crippen molar-refractivity contribution in [2.75, 3.05) is 38.5 Å². The molecule has 1 aromatic heterocycles. The average molecular weight is 555 g/mol. The molecule has 3 amide bonds. The Morgan fingerprint density at radius 1 is 1.02 bits per heavy atom. The van der Waals surface area contributed by atoms with Crippen molar-refractivity contribution in [3.05, 3.63) is 47.5 Å². The van der Waals surface area contributed by atoms with E-state index in [1.807, 2.05) is 32.7 Å². The predicted octanol–water partition coefficient (Wildman–Crippen LogP) is 3.87. The Kier molecular flexibility index (Phi) is 9.95. The molecule has 10 heteroatoms. The van der Waals surface area contributed by atoms with Crippen molar-refractivity contribution >= 4 is 23.4 Å². The minimum absolute atomic E-state index is 0.00936. The summed E-state index contributed by atoms with van der Waals surface area (Å²) < 4.78 is 16.8. The summed E-state index contributed by atoms with van der Waals surface area (Å²) in [5.41, 5.74) is 1.15. The summed E-state index contributed by atoms with van der Waals surface area (Å²) in [6.45, 7) is 8.86. The molecule has 2 atom stereocenters. The quantitative estimate of drug-likeness (QED) is 0.490. The Bertz CT molecular complexity index is 1180. The van der Waals surface area contributed by atoms with Crippen molar-refractivity contribution in [3.8, 4) is 0 Å². The van der Waals surface area contributed by atoms with Gasteiger partial charge in [-0.15, -0.1) is 0 Å². The maximum Gasteiger partial charge on any atom is 0.270 e. The van der Waals surface area contributed by atoms with Gasteiger partial charge in [-0.05, 0) is 69.8 Å². The van der Waals surface area contributed by atoms with Crippen LogP contribution in [0.3, 0.4) is 0 Å². The maximum absolute atomic E-state index is 15.2. The fourth-order valence-electron chi connectivity index (χ4n) is 5.76. The number of hydrogen-bond donors (Lipinski definition) is 2. The summed E-state index contributed by atoms with van der Waals surface area (Å²) in [5.74, 6) is -1.58. The third kappa shape index (κ3) is 7.27. The monoisotopic (exact) mass is 554 g/mol. The third-order valence-electron chi connectivity index (χ3n) is 8.15. The first-order chi connectivity index (χ1) is 19.1. The first-order valence-corrected chi connectivity index (χ1v) is 14.5. The first-order valence-electron chi connectivity index (χ1n) is 14.5. The summed E-state index contributed by atoms with van der Waals surface area (Å²) in [5, 5.41) is 9.88. The number of amides is 3. The SMILES string of the molecule is CC(C)n1nccc1C(=O)N[C@H](C(=O)Nc1ccc(C[C@@H](C)C(=O)N2CCN(C)CC2)cc1F)C1CCCCC1. The number of aromatic nitrogens is 2. The number of carbonyl (C=O) groups excluding carboxylic acids is 3. The molecule has 0 spiro atoms. The zero-order chi connectivity index (χ0) is 28.8. The van der Waals surface area contributed by atoms with Gasteiger partial charge in [0.05, 0.1) is 5.69 Å². The lowest BCUT2D eigenvalue weighted by Gasteiger charge is -2.34. The molecule has 1 aromatic carbocycles. The Hall–Kier alpha value is -3.27. The summed E-state index contributed by atoms with van der Waals surface area (Å²) in [6.07, 6.45) is 6.71. The van der Waals surface area contributed by atoms with Crippen molar-refractivity contribution in [1.29, 1.82) is 0 Å². The zero-order valence-electron chi connectivity index (χ0n) is 24.2. The molecule has 2 fully saturated rings. The van der Waals surface area contributed by atoms with Crippen molar-refractivity contribution < 1.29 is 18.8 Å². The normalized spacial score (nSPS) is 18.4. The van der Waals surface area contributed by atoms with Gasteiger partial charge in [0.15, 0.2) is 0 Å². The van der Waals surface area contributed by atoms with Crippen LogP contribution >= 0.6 is 0 Å². The maximum atomic E-state index is 15.2. The van der Waals surface area contributed by atoms with Crippen LogP contribution in [0.25, 0.3) is 0 Å². The molecular formula is C30H43FN6O3. The van der Waals surface area contributed by atoms with Crippen LogP contribution in [0.15, 0.2) is 30.5 Å². The molecule has 1 saturated heterocycles. The second-order valence-corrected chi connectivity index (χ2v) is 11.6. The van der Waals surface area contributed by atoms with Gasteiger partial charge in [-0.2, -0.15) is 5.10 Å². The molecule has 0 unspecified atom stereocenters. The smallest absolute Gasteiger partial charge is 0.270 e. The summed E-state index contributed by atoms with van der Waals surface area (Å²) in [7, 11) is 2.04. The van der Waals surface area contributed by atoms with E-state index in [1.54, 1.807) is 29.1 Å². The van der Waals surface area contributed by atoms with E-state index < -0.39 is 17.8 Å². The van der Waals surface area contributed by atoms with Gasteiger partial charge in [-0.25, -0.2) is 4.39 Å². The molecule has 40 heavy (non-hydrogen) atoms. The molecule has 0 bridgehead atoms. The summed E-state index contributed by atoms with van der Waals surface area (Å²) in [6, 6.07) is 5.52. The zero-order valence-corrected chi connectivity index (χ0v) is 24.2. The van der Waals surface area contributed by atoms with Crippen molar-refractivity contribution in [2.24, 2.45) is 11.8 Å². The molecule has 1 aliphatic carbocycles.